The molecule has 0 bridgehead atoms. The van der Waals surface area contributed by atoms with Gasteiger partial charge >= 0.3 is 5.97 Å². The van der Waals surface area contributed by atoms with Crippen molar-refractivity contribution in [1.82, 2.24) is 5.32 Å². The summed E-state index contributed by atoms with van der Waals surface area (Å²) in [5, 5.41) is 11.7. The van der Waals surface area contributed by atoms with E-state index in [9.17, 15) is 9.59 Å². The summed E-state index contributed by atoms with van der Waals surface area (Å²) in [4.78, 5) is 23.0. The highest BCUT2D eigenvalue weighted by Gasteiger charge is 2.20. The molecule has 2 N–H and O–H groups in total. The van der Waals surface area contributed by atoms with Crippen molar-refractivity contribution in [2.75, 3.05) is 6.61 Å². The van der Waals surface area contributed by atoms with Gasteiger partial charge in [0.1, 0.15) is 11.8 Å². The van der Waals surface area contributed by atoms with Gasteiger partial charge < -0.3 is 15.2 Å². The van der Waals surface area contributed by atoms with E-state index < -0.39 is 12.0 Å². The van der Waals surface area contributed by atoms with Gasteiger partial charge in [-0.1, -0.05) is 26.0 Å². The Labute approximate surface area is 131 Å². The Balaban J connectivity index is 2.45. The molecule has 0 spiro atoms. The topological polar surface area (TPSA) is 75.6 Å². The highest BCUT2D eigenvalue weighted by molar-refractivity contribution is 5.83. The number of amides is 1. The van der Waals surface area contributed by atoms with Gasteiger partial charge in [0, 0.05) is 6.42 Å². The number of nitrogens with one attached hydrogen (secondary N) is 1. The molecule has 0 aromatic heterocycles. The Hall–Kier alpha value is -2.04. The van der Waals surface area contributed by atoms with E-state index in [1.54, 1.807) is 0 Å². The lowest BCUT2D eigenvalue weighted by Gasteiger charge is -2.16. The summed E-state index contributed by atoms with van der Waals surface area (Å²) in [6, 6.07) is 6.76. The zero-order valence-electron chi connectivity index (χ0n) is 13.5. The zero-order valence-corrected chi connectivity index (χ0v) is 13.5. The normalized spacial score (nSPS) is 12.0. The van der Waals surface area contributed by atoms with Crippen LogP contribution in [0.5, 0.6) is 5.75 Å². The summed E-state index contributed by atoms with van der Waals surface area (Å²) in [7, 11) is 0. The second-order valence-corrected chi connectivity index (χ2v) is 5.66. The van der Waals surface area contributed by atoms with Gasteiger partial charge in [0.25, 0.3) is 0 Å². The molecule has 0 aliphatic heterocycles. The maximum Gasteiger partial charge on any atom is 0.326 e. The van der Waals surface area contributed by atoms with Crippen LogP contribution >= 0.6 is 0 Å². The SMILES string of the molecule is CCOc1ccc(CCC(=O)NC(CC(C)C)C(=O)O)cc1. The fourth-order valence-corrected chi connectivity index (χ4v) is 2.14. The van der Waals surface area contributed by atoms with Gasteiger partial charge in [-0.2, -0.15) is 0 Å². The van der Waals surface area contributed by atoms with E-state index in [0.29, 0.717) is 19.4 Å². The maximum atomic E-state index is 11.9. The molecule has 0 saturated carbocycles. The Morgan fingerprint density at radius 1 is 1.23 bits per heavy atom. The van der Waals surface area contributed by atoms with E-state index in [1.807, 2.05) is 45.0 Å². The van der Waals surface area contributed by atoms with Crippen LogP contribution in [-0.4, -0.2) is 29.6 Å². The number of benzene rings is 1. The predicted octanol–water partition coefficient (Wildman–Crippen LogP) is 2.63. The molecule has 1 aromatic rings. The molecule has 1 aromatic carbocycles. The molecule has 1 rings (SSSR count). The number of carbonyl (C=O) groups excluding carboxylic acids is 1. The van der Waals surface area contributed by atoms with Gasteiger partial charge in [0.05, 0.1) is 6.61 Å². The van der Waals surface area contributed by atoms with Gasteiger partial charge in [0.15, 0.2) is 0 Å². The monoisotopic (exact) mass is 307 g/mol. The minimum atomic E-state index is -0.983. The Bertz CT molecular complexity index is 482. The van der Waals surface area contributed by atoms with Crippen LogP contribution in [0.25, 0.3) is 0 Å². The summed E-state index contributed by atoms with van der Waals surface area (Å²) in [5.41, 5.74) is 1.02. The van der Waals surface area contributed by atoms with Crippen molar-refractivity contribution in [3.63, 3.8) is 0 Å². The number of rotatable bonds is 9. The van der Waals surface area contributed by atoms with Crippen molar-refractivity contribution in [2.45, 2.75) is 46.1 Å². The van der Waals surface area contributed by atoms with Gasteiger partial charge in [-0.3, -0.25) is 4.79 Å². The van der Waals surface area contributed by atoms with Gasteiger partial charge in [0.2, 0.25) is 5.91 Å². The highest BCUT2D eigenvalue weighted by atomic mass is 16.5. The second kappa shape index (κ2) is 9.07. The molecular weight excluding hydrogens is 282 g/mol. The number of hydrogen-bond acceptors (Lipinski definition) is 3. The molecular formula is C17H25NO4. The predicted molar refractivity (Wildman–Crippen MR) is 85.0 cm³/mol. The molecule has 0 aliphatic carbocycles. The third-order valence-corrected chi connectivity index (χ3v) is 3.22. The first-order valence-electron chi connectivity index (χ1n) is 7.66. The largest absolute Gasteiger partial charge is 0.494 e. The maximum absolute atomic E-state index is 11.9. The fourth-order valence-electron chi connectivity index (χ4n) is 2.14. The number of carboxylic acid groups (broad SMARTS) is 1. The molecule has 122 valence electrons. The van der Waals surface area contributed by atoms with E-state index in [0.717, 1.165) is 11.3 Å². The van der Waals surface area contributed by atoms with Crippen molar-refractivity contribution in [3.05, 3.63) is 29.8 Å². The Morgan fingerprint density at radius 2 is 1.86 bits per heavy atom. The average molecular weight is 307 g/mol. The lowest BCUT2D eigenvalue weighted by Crippen LogP contribution is -2.41. The number of carbonyl (C=O) groups is 2. The molecule has 22 heavy (non-hydrogen) atoms. The van der Waals surface area contributed by atoms with Crippen molar-refractivity contribution in [1.29, 1.82) is 0 Å². The summed E-state index contributed by atoms with van der Waals surface area (Å²) in [5.74, 6) is -0.198. The molecule has 5 heteroatoms. The minimum Gasteiger partial charge on any atom is -0.494 e. The molecule has 5 nitrogen and oxygen atoms in total. The molecule has 1 atom stereocenters. The fraction of sp³-hybridized carbons (Fsp3) is 0.529. The summed E-state index contributed by atoms with van der Waals surface area (Å²) in [6.45, 7) is 6.41. The molecule has 0 fully saturated rings. The smallest absolute Gasteiger partial charge is 0.326 e. The first-order valence-corrected chi connectivity index (χ1v) is 7.66. The Kier molecular flexibility index (Phi) is 7.43. The van der Waals surface area contributed by atoms with E-state index >= 15 is 0 Å². The van der Waals surface area contributed by atoms with Crippen LogP contribution in [0.2, 0.25) is 0 Å². The summed E-state index contributed by atoms with van der Waals surface area (Å²) < 4.78 is 5.36. The molecule has 1 amide bonds. The number of aryl methyl sites for hydroxylation is 1. The van der Waals surface area contributed by atoms with Crippen molar-refractivity contribution in [2.24, 2.45) is 5.92 Å². The van der Waals surface area contributed by atoms with Crippen LogP contribution < -0.4 is 10.1 Å². The number of hydrogen-bond donors (Lipinski definition) is 2. The van der Waals surface area contributed by atoms with Crippen molar-refractivity contribution in [3.8, 4) is 5.75 Å². The number of carboxylic acids is 1. The summed E-state index contributed by atoms with van der Waals surface area (Å²) >= 11 is 0. The number of ether oxygens (including phenoxy) is 1. The van der Waals surface area contributed by atoms with E-state index in [2.05, 4.69) is 5.32 Å². The molecule has 1 unspecified atom stereocenters. The van der Waals surface area contributed by atoms with Gasteiger partial charge in [-0.15, -0.1) is 0 Å². The Morgan fingerprint density at radius 3 is 2.36 bits per heavy atom. The first kappa shape index (κ1) is 18.0. The lowest BCUT2D eigenvalue weighted by atomic mass is 10.0. The lowest BCUT2D eigenvalue weighted by molar-refractivity contribution is -0.142. The van der Waals surface area contributed by atoms with Crippen LogP contribution in [0.4, 0.5) is 0 Å². The van der Waals surface area contributed by atoms with Crippen LogP contribution in [0, 0.1) is 5.92 Å². The van der Waals surface area contributed by atoms with Crippen LogP contribution in [-0.2, 0) is 16.0 Å². The average Bonchev–Trinajstić information content (AvgIpc) is 2.45. The standard InChI is InChI=1S/C17H25NO4/c1-4-22-14-8-5-13(6-9-14)7-10-16(19)18-15(17(20)21)11-12(2)3/h5-6,8-9,12,15H,4,7,10-11H2,1-3H3,(H,18,19)(H,20,21). The molecule has 0 heterocycles. The van der Waals surface area contributed by atoms with Crippen molar-refractivity contribution >= 4 is 11.9 Å². The van der Waals surface area contributed by atoms with Crippen LogP contribution in [0.15, 0.2) is 24.3 Å². The quantitative estimate of drug-likeness (QED) is 0.735. The van der Waals surface area contributed by atoms with Crippen molar-refractivity contribution < 1.29 is 19.4 Å². The highest BCUT2D eigenvalue weighted by Crippen LogP contribution is 2.13. The molecule has 0 saturated heterocycles. The molecule has 0 radical (unpaired) electrons. The van der Waals surface area contributed by atoms with Crippen LogP contribution in [0.3, 0.4) is 0 Å². The third kappa shape index (κ3) is 6.61. The van der Waals surface area contributed by atoms with Gasteiger partial charge in [-0.25, -0.2) is 4.79 Å². The second-order valence-electron chi connectivity index (χ2n) is 5.66. The zero-order chi connectivity index (χ0) is 16.5. The number of aliphatic carboxylic acids is 1. The van der Waals surface area contributed by atoms with Gasteiger partial charge in [-0.05, 0) is 43.4 Å². The minimum absolute atomic E-state index is 0.215. The van der Waals surface area contributed by atoms with E-state index in [1.165, 1.54) is 0 Å². The summed E-state index contributed by atoms with van der Waals surface area (Å²) in [6.07, 6.45) is 1.28. The van der Waals surface area contributed by atoms with E-state index in [4.69, 9.17) is 9.84 Å². The first-order chi connectivity index (χ1) is 10.4. The third-order valence-electron chi connectivity index (χ3n) is 3.22. The van der Waals surface area contributed by atoms with Crippen LogP contribution in [0.1, 0.15) is 39.2 Å². The van der Waals surface area contributed by atoms with E-state index in [-0.39, 0.29) is 18.2 Å². The molecule has 0 aliphatic rings.